The molecule has 33 nitrogen and oxygen atoms in total. The van der Waals surface area contributed by atoms with E-state index in [9.17, 15) is 55.5 Å². The van der Waals surface area contributed by atoms with E-state index in [-0.39, 0.29) is 134 Å². The van der Waals surface area contributed by atoms with Crippen LogP contribution >= 0.6 is 23.2 Å². The van der Waals surface area contributed by atoms with Crippen LogP contribution in [0.2, 0.25) is 10.0 Å². The number of ketones is 3. The second-order valence-electron chi connectivity index (χ2n) is 33.5. The number of aliphatic hydroxyl groups is 6. The number of fused-ring (bicyclic) bond motifs is 15. The molecule has 17 N–H and O–H groups in total. The number of amides is 6. The Hall–Kier alpha value is -10.3. The zero-order valence-electron chi connectivity index (χ0n) is 69.2. The molecule has 666 valence electrons. The Bertz CT molecular complexity index is 4950. The quantitative estimate of drug-likeness (QED) is 0.0258. The fraction of sp³-hybridized carbons (Fsp3) is 0.494. The van der Waals surface area contributed by atoms with Gasteiger partial charge >= 0.3 is 0 Å². The molecule has 4 aliphatic carbocycles. The van der Waals surface area contributed by atoms with Gasteiger partial charge in [0.25, 0.3) is 5.91 Å². The number of hydrogen-bond acceptors (Lipinski definition) is 28. The van der Waals surface area contributed by atoms with Crippen LogP contribution in [0, 0.1) is 47.3 Å². The van der Waals surface area contributed by atoms with Crippen LogP contribution in [0.3, 0.4) is 0 Å². The van der Waals surface area contributed by atoms with Crippen molar-refractivity contribution in [2.45, 2.75) is 164 Å². The Labute approximate surface area is 724 Å². The molecule has 0 radical (unpaired) electrons. The molecule has 0 unspecified atom stereocenters. The highest BCUT2D eigenvalue weighted by atomic mass is 35.5. The topological polar surface area (TPSA) is 497 Å². The number of carbonyl (C=O) groups is 9. The summed E-state index contributed by atoms with van der Waals surface area (Å²) in [4.78, 5) is 141. The maximum absolute atomic E-state index is 16.7. The van der Waals surface area contributed by atoms with Crippen LogP contribution in [0.4, 0.5) is 0 Å². The smallest absolute Gasteiger partial charge is 0.258 e. The van der Waals surface area contributed by atoms with Gasteiger partial charge in [0, 0.05) is 74.0 Å². The van der Waals surface area contributed by atoms with Gasteiger partial charge < -0.3 is 116 Å². The van der Waals surface area contributed by atoms with Crippen molar-refractivity contribution < 1.29 is 122 Å². The SMILES string of the molecule is CC[C@H](CC(C)C)C(=O)N[C@H]1C(=O)C[C@@H](CC(=O)NC(=O)c2cc(OCCNC)c(OCCNC)c(OCCNC)c2)C(=O)N[C@H]2C(=O)C[C@H]3C(=O)N[C@H](C(=O)N[C@H](C(=O)CC4C5CC6CC(C5)CC4C6)c4cc(O)cc(O)c4-c4cc3ccc4O)[C@H](O)c3ccc(c(Cl)c3)Oc3cc2cc(c3O[C@@H]2O[C@H](CO)[C@@H](O)[C@H](O)[C@H]2O)Oc2ccc(cc2Cl)[C@H]1O. The largest absolute Gasteiger partial charge is 0.508 e. The van der Waals surface area contributed by atoms with Gasteiger partial charge in [-0.25, -0.2) is 0 Å². The predicted molar refractivity (Wildman–Crippen MR) is 447 cm³/mol. The van der Waals surface area contributed by atoms with Gasteiger partial charge in [0.15, 0.2) is 40.3 Å². The Morgan fingerprint density at radius 2 is 1.19 bits per heavy atom. The molecule has 5 fully saturated rings. The Balaban J connectivity index is 0.995. The lowest BCUT2D eigenvalue weighted by molar-refractivity contribution is -0.277. The van der Waals surface area contributed by atoms with Crippen molar-refractivity contribution in [2.75, 3.05) is 67.2 Å². The number of benzene rings is 6. The van der Waals surface area contributed by atoms with Gasteiger partial charge in [0.05, 0.1) is 28.5 Å². The standard InChI is InChI=1S/C89H106Cl2N8O25/c1-7-43(20-40(2)3)84(113)98-75-61(104)29-50(34-71(107)95-85(114)51-32-66(118-17-14-92-4)82(120-19-16-94-6)67(33-51)119-18-15-93-5)86(115)96-73-49-30-68(121-64-12-9-45(77(75)108)27-57(64)90)83(124-89-81(112)80(111)79(110)70(39-100)123-89)69(31-49)122-65-13-10-46(28-58(65)91)78(109)76-88(117)97-74(63(106)37-53-47-22-41-21-42(24-47)25-48(53)23-41)56-35-52(101)36-60(103)72(56)55-26-44(8-11-59(55)102)54(38-62(73)105)87(116)99-76/h8-13,26-28,30-33,35-36,40-43,47-48,50,53-54,70,73-81,89,92-94,100-103,108-112H,7,14-25,29,34,37-39H2,1-6H3,(H,96,115)(H,97,117)(H,98,113)(H,99,116)(H,95,107,114)/t41?,42?,43-,47?,48?,50+,53?,54-,70-,73-,74+,75+,76+,77-,78-,79-,80+,81-,89+/m1/s1. The number of aromatic hydroxyl groups is 3. The minimum atomic E-state index is -2.26. The number of ether oxygens (including phenoxy) is 7. The molecular formula is C89H106Cl2N8O25. The molecule has 124 heavy (non-hydrogen) atoms. The molecular weight excluding hydrogens is 1650 g/mol. The highest BCUT2D eigenvalue weighted by Gasteiger charge is 2.51. The zero-order valence-corrected chi connectivity index (χ0v) is 70.8. The Kier molecular flexibility index (Phi) is 29.4. The first-order valence-corrected chi connectivity index (χ1v) is 42.6. The van der Waals surface area contributed by atoms with Crippen LogP contribution in [0.25, 0.3) is 11.1 Å². The number of likely N-dealkylation sites (N-methyl/N-ethyl adjacent to an activating group) is 3. The summed E-state index contributed by atoms with van der Waals surface area (Å²) in [5.74, 6) is -17.4. The van der Waals surface area contributed by atoms with Crippen LogP contribution in [-0.2, 0) is 43.1 Å². The molecule has 6 aromatic carbocycles. The number of phenols is 3. The summed E-state index contributed by atoms with van der Waals surface area (Å²) in [5, 5.41) is 127. The van der Waals surface area contributed by atoms with E-state index in [4.69, 9.17) is 56.4 Å². The van der Waals surface area contributed by atoms with Crippen LogP contribution in [-0.4, -0.2) is 209 Å². The van der Waals surface area contributed by atoms with E-state index in [1.165, 1.54) is 54.6 Å². The van der Waals surface area contributed by atoms with E-state index in [2.05, 4.69) is 42.5 Å². The average Bonchev–Trinajstić information content (AvgIpc) is 0.760. The van der Waals surface area contributed by atoms with Gasteiger partial charge in [-0.3, -0.25) is 48.5 Å². The predicted octanol–water partition coefficient (Wildman–Crippen LogP) is 6.50. The average molecular weight is 1760 g/mol. The van der Waals surface area contributed by atoms with E-state index in [1.807, 2.05) is 13.8 Å². The summed E-state index contributed by atoms with van der Waals surface area (Å²) >= 11 is 14.4. The second kappa shape index (κ2) is 39.9. The first-order valence-electron chi connectivity index (χ1n) is 41.8. The van der Waals surface area contributed by atoms with Crippen LogP contribution in [0.15, 0.2) is 91.0 Å². The number of rotatable bonds is 26. The molecule has 16 rings (SSSR count). The molecule has 6 heterocycles. The molecule has 1 saturated heterocycles. The van der Waals surface area contributed by atoms with E-state index >= 15 is 33.6 Å². The number of halogens is 2. The molecule has 6 aliphatic heterocycles. The van der Waals surface area contributed by atoms with Crippen LogP contribution in [0.5, 0.6) is 63.2 Å². The van der Waals surface area contributed by atoms with Gasteiger partial charge in [-0.05, 0) is 196 Å². The van der Waals surface area contributed by atoms with Crippen molar-refractivity contribution >= 4 is 76.0 Å². The minimum absolute atomic E-state index is 0.0296. The zero-order chi connectivity index (χ0) is 88.8. The van der Waals surface area contributed by atoms with Gasteiger partial charge in [-0.15, -0.1) is 0 Å². The van der Waals surface area contributed by atoms with Gasteiger partial charge in [-0.1, -0.05) is 62.2 Å². The Morgan fingerprint density at radius 3 is 1.77 bits per heavy atom. The molecule has 6 amide bonds. The van der Waals surface area contributed by atoms with Crippen molar-refractivity contribution in [1.29, 1.82) is 0 Å². The molecule has 6 aromatic rings. The number of phenolic OH excluding ortho intramolecular Hbond substituents is 3. The highest BCUT2D eigenvalue weighted by molar-refractivity contribution is 6.32. The monoisotopic (exact) mass is 1760 g/mol. The lowest BCUT2D eigenvalue weighted by atomic mass is 9.51. The summed E-state index contributed by atoms with van der Waals surface area (Å²) in [6, 6.07) is 9.51. The molecule has 4 saturated carbocycles. The molecule has 0 aromatic heterocycles. The molecule has 10 aliphatic rings. The van der Waals surface area contributed by atoms with Crippen molar-refractivity contribution in [3.63, 3.8) is 0 Å². The van der Waals surface area contributed by atoms with Gasteiger partial charge in [0.2, 0.25) is 47.3 Å². The maximum atomic E-state index is 16.7. The third-order valence-electron chi connectivity index (χ3n) is 24.5. The summed E-state index contributed by atoms with van der Waals surface area (Å²) in [6.07, 6.45) is -12.2. The van der Waals surface area contributed by atoms with Crippen LogP contribution in [0.1, 0.15) is 160 Å². The first kappa shape index (κ1) is 91.4. The van der Waals surface area contributed by atoms with E-state index in [0.717, 1.165) is 68.5 Å². The van der Waals surface area contributed by atoms with Gasteiger partial charge in [0.1, 0.15) is 109 Å². The third-order valence-corrected chi connectivity index (χ3v) is 25.1. The van der Waals surface area contributed by atoms with E-state index < -0.39 is 204 Å². The fourth-order valence-electron chi connectivity index (χ4n) is 18.3. The number of nitrogens with one attached hydrogen (secondary N) is 8. The number of carbonyl (C=O) groups excluding carboxylic acids is 9. The number of hydrogen-bond donors (Lipinski definition) is 17. The lowest BCUT2D eigenvalue weighted by Crippen LogP contribution is -2.60. The molecule has 0 spiro atoms. The highest BCUT2D eigenvalue weighted by Crippen LogP contribution is 2.59. The van der Waals surface area contributed by atoms with Crippen molar-refractivity contribution in [3.05, 3.63) is 134 Å². The molecule has 15 bridgehead atoms. The summed E-state index contributed by atoms with van der Waals surface area (Å²) < 4.78 is 44.1. The van der Waals surface area contributed by atoms with E-state index in [0.29, 0.717) is 37.9 Å². The molecule has 35 heteroatoms. The summed E-state index contributed by atoms with van der Waals surface area (Å²) in [7, 11) is 5.10. The van der Waals surface area contributed by atoms with Crippen molar-refractivity contribution in [1.82, 2.24) is 42.5 Å². The maximum Gasteiger partial charge on any atom is 0.258 e. The number of Topliss-reactive ketones (excluding diaryl/α,β-unsaturated/α-hetero) is 3. The minimum Gasteiger partial charge on any atom is -0.508 e. The van der Waals surface area contributed by atoms with Crippen molar-refractivity contribution in [3.8, 4) is 74.4 Å². The normalized spacial score (nSPS) is 26.8. The first-order chi connectivity index (χ1) is 59.3. The lowest BCUT2D eigenvalue weighted by Gasteiger charge is -2.54. The summed E-state index contributed by atoms with van der Waals surface area (Å²) in [6.45, 7) is 5.78. The second-order valence-corrected chi connectivity index (χ2v) is 34.3. The fourth-order valence-corrected chi connectivity index (χ4v) is 18.8. The Morgan fingerprint density at radius 1 is 0.597 bits per heavy atom. The molecule has 14 atom stereocenters. The number of aliphatic hydroxyl groups excluding tert-OH is 6. The van der Waals surface area contributed by atoms with Crippen molar-refractivity contribution in [2.24, 2.45) is 47.3 Å². The van der Waals surface area contributed by atoms with Crippen LogP contribution < -0.4 is 71.0 Å². The number of imide groups is 1. The van der Waals surface area contributed by atoms with E-state index in [1.54, 1.807) is 28.1 Å². The summed E-state index contributed by atoms with van der Waals surface area (Å²) in [5.41, 5.74) is -1.92. The van der Waals surface area contributed by atoms with Gasteiger partial charge in [-0.2, -0.15) is 0 Å². The third kappa shape index (κ3) is 20.3.